The molecular weight excluding hydrogens is 498 g/mol. The summed E-state index contributed by atoms with van der Waals surface area (Å²) in [5, 5.41) is 23.2. The maximum absolute atomic E-state index is 12.3. The molecule has 0 bridgehead atoms. The minimum atomic E-state index is -2.75. The van der Waals surface area contributed by atoms with E-state index in [0.717, 1.165) is 0 Å². The van der Waals surface area contributed by atoms with Gasteiger partial charge in [-0.3, -0.25) is 10.1 Å². The SMILES string of the molecule is CCO[Si](CCCNC(=O)ON(CC)c1ccc(N=Nc2ccc([N+](=O)[O-])cc2)cc1)(OCC)OCC. The summed E-state index contributed by atoms with van der Waals surface area (Å²) >= 11 is 0. The highest BCUT2D eigenvalue weighted by Crippen LogP contribution is 2.24. The molecule has 202 valence electrons. The second-order valence-electron chi connectivity index (χ2n) is 7.58. The smallest absolute Gasteiger partial charge is 0.374 e. The molecule has 13 heteroatoms. The third-order valence-electron chi connectivity index (χ3n) is 4.98. The van der Waals surface area contributed by atoms with Crippen molar-refractivity contribution >= 4 is 37.6 Å². The number of nitrogens with zero attached hydrogens (tertiary/aromatic N) is 4. The van der Waals surface area contributed by atoms with Crippen LogP contribution in [0, 0.1) is 10.1 Å². The molecule has 2 aromatic rings. The lowest BCUT2D eigenvalue weighted by atomic mass is 10.3. The van der Waals surface area contributed by atoms with E-state index in [9.17, 15) is 14.9 Å². The van der Waals surface area contributed by atoms with Crippen molar-refractivity contribution in [3.05, 3.63) is 58.6 Å². The van der Waals surface area contributed by atoms with Gasteiger partial charge in [0.05, 0.1) is 28.5 Å². The third kappa shape index (κ3) is 9.88. The Balaban J connectivity index is 1.87. The van der Waals surface area contributed by atoms with Crippen molar-refractivity contribution in [3.63, 3.8) is 0 Å². The van der Waals surface area contributed by atoms with E-state index in [1.165, 1.54) is 29.3 Å². The number of carbonyl (C=O) groups excluding carboxylic acids is 1. The van der Waals surface area contributed by atoms with Crippen molar-refractivity contribution in [2.75, 3.05) is 38.0 Å². The van der Waals surface area contributed by atoms with Crippen LogP contribution in [0.25, 0.3) is 0 Å². The molecule has 0 aromatic heterocycles. The lowest BCUT2D eigenvalue weighted by Crippen LogP contribution is -2.46. The standard InChI is InChI=1S/C24H35N5O7Si/c1-5-28(36-24(30)25-18-9-19-37(33-6-2,34-7-3)35-8-4)22-14-10-20(11-15-22)26-27-21-12-16-23(17-13-21)29(31)32/h10-17H,5-9,18-19H2,1-4H3,(H,25,30). The van der Waals surface area contributed by atoms with Crippen LogP contribution in [-0.4, -0.2) is 52.7 Å². The Kier molecular flexibility index (Phi) is 12.6. The number of amides is 1. The predicted octanol–water partition coefficient (Wildman–Crippen LogP) is 5.92. The van der Waals surface area contributed by atoms with Crippen LogP contribution in [0.2, 0.25) is 6.04 Å². The van der Waals surface area contributed by atoms with Gasteiger partial charge in [-0.15, -0.1) is 0 Å². The van der Waals surface area contributed by atoms with Crippen LogP contribution in [0.5, 0.6) is 0 Å². The normalized spacial score (nSPS) is 11.5. The highest BCUT2D eigenvalue weighted by atomic mass is 28.4. The summed E-state index contributed by atoms with van der Waals surface area (Å²) in [5.41, 5.74) is 1.73. The van der Waals surface area contributed by atoms with Crippen LogP contribution < -0.4 is 10.4 Å². The van der Waals surface area contributed by atoms with E-state index >= 15 is 0 Å². The van der Waals surface area contributed by atoms with Crippen molar-refractivity contribution < 1.29 is 27.8 Å². The lowest BCUT2D eigenvalue weighted by molar-refractivity contribution is -0.384. The number of nitrogens with one attached hydrogen (secondary N) is 1. The number of benzene rings is 2. The maximum atomic E-state index is 12.3. The first-order valence-corrected chi connectivity index (χ1v) is 14.2. The second kappa shape index (κ2) is 15.7. The number of anilines is 1. The number of rotatable bonds is 16. The Morgan fingerprint density at radius 2 is 1.43 bits per heavy atom. The van der Waals surface area contributed by atoms with E-state index in [1.54, 1.807) is 24.3 Å². The van der Waals surface area contributed by atoms with E-state index in [2.05, 4.69) is 15.5 Å². The summed E-state index contributed by atoms with van der Waals surface area (Å²) in [4.78, 5) is 28.1. The number of hydrogen-bond acceptors (Lipinski definition) is 10. The molecular formula is C24H35N5O7Si. The zero-order valence-electron chi connectivity index (χ0n) is 21.7. The molecule has 0 aliphatic carbocycles. The highest BCUT2D eigenvalue weighted by Gasteiger charge is 2.39. The first kappa shape index (κ1) is 29.8. The van der Waals surface area contributed by atoms with Gasteiger partial charge in [0.2, 0.25) is 0 Å². The molecule has 12 nitrogen and oxygen atoms in total. The van der Waals surface area contributed by atoms with Gasteiger partial charge in [-0.1, -0.05) is 0 Å². The van der Waals surface area contributed by atoms with Gasteiger partial charge in [0.25, 0.3) is 5.69 Å². The van der Waals surface area contributed by atoms with Crippen LogP contribution in [0.3, 0.4) is 0 Å². The number of carbonyl (C=O) groups is 1. The zero-order valence-corrected chi connectivity index (χ0v) is 22.7. The van der Waals surface area contributed by atoms with Crippen LogP contribution in [0.1, 0.15) is 34.1 Å². The average molecular weight is 534 g/mol. The molecule has 0 saturated heterocycles. The van der Waals surface area contributed by atoms with Gasteiger partial charge in [-0.2, -0.15) is 10.2 Å². The molecule has 1 amide bonds. The van der Waals surface area contributed by atoms with Gasteiger partial charge in [0, 0.05) is 44.5 Å². The van der Waals surface area contributed by atoms with Gasteiger partial charge in [0.15, 0.2) is 0 Å². The Morgan fingerprint density at radius 1 is 0.919 bits per heavy atom. The van der Waals surface area contributed by atoms with Crippen molar-refractivity contribution in [2.24, 2.45) is 10.2 Å². The quantitative estimate of drug-likeness (QED) is 0.0923. The molecule has 2 rings (SSSR count). The Morgan fingerprint density at radius 3 is 1.89 bits per heavy atom. The summed E-state index contributed by atoms with van der Waals surface area (Å²) in [6, 6.07) is 13.3. The number of non-ortho nitro benzene ring substituents is 1. The molecule has 0 atom stereocenters. The minimum absolute atomic E-state index is 0.0107. The maximum Gasteiger partial charge on any atom is 0.500 e. The van der Waals surface area contributed by atoms with E-state index < -0.39 is 19.8 Å². The third-order valence-corrected chi connectivity index (χ3v) is 8.13. The Hall–Kier alpha value is -3.39. The van der Waals surface area contributed by atoms with Gasteiger partial charge in [-0.25, -0.2) is 9.86 Å². The van der Waals surface area contributed by atoms with Gasteiger partial charge in [0.1, 0.15) is 0 Å². The highest BCUT2D eigenvalue weighted by molar-refractivity contribution is 6.60. The average Bonchev–Trinajstić information content (AvgIpc) is 2.89. The Bertz CT molecular complexity index is 989. The zero-order chi connectivity index (χ0) is 27.1. The van der Waals surface area contributed by atoms with Crippen molar-refractivity contribution in [1.29, 1.82) is 0 Å². The first-order valence-electron chi connectivity index (χ1n) is 12.3. The summed E-state index contributed by atoms with van der Waals surface area (Å²) in [7, 11) is -2.75. The fourth-order valence-electron chi connectivity index (χ4n) is 3.37. The van der Waals surface area contributed by atoms with E-state index in [4.69, 9.17) is 18.1 Å². The number of hydrogen-bond donors (Lipinski definition) is 1. The molecule has 0 fully saturated rings. The fourth-order valence-corrected chi connectivity index (χ4v) is 5.98. The topological polar surface area (TPSA) is 137 Å². The van der Waals surface area contributed by atoms with Crippen LogP contribution in [0.15, 0.2) is 58.8 Å². The first-order chi connectivity index (χ1) is 17.9. The molecule has 0 spiro atoms. The van der Waals surface area contributed by atoms with Crippen LogP contribution >= 0.6 is 0 Å². The molecule has 0 saturated carbocycles. The van der Waals surface area contributed by atoms with E-state index in [0.29, 0.717) is 62.4 Å². The lowest BCUT2D eigenvalue weighted by Gasteiger charge is -2.28. The molecule has 0 unspecified atom stereocenters. The Labute approximate surface area is 218 Å². The number of azo groups is 1. The van der Waals surface area contributed by atoms with Gasteiger partial charge >= 0.3 is 14.9 Å². The van der Waals surface area contributed by atoms with Crippen molar-refractivity contribution in [2.45, 2.75) is 40.2 Å². The molecule has 1 N–H and O–H groups in total. The van der Waals surface area contributed by atoms with Crippen molar-refractivity contribution in [1.82, 2.24) is 5.32 Å². The van der Waals surface area contributed by atoms with E-state index in [1.807, 2.05) is 27.7 Å². The fraction of sp³-hybridized carbons (Fsp3) is 0.458. The van der Waals surface area contributed by atoms with Crippen LogP contribution in [-0.2, 0) is 18.1 Å². The van der Waals surface area contributed by atoms with E-state index in [-0.39, 0.29) is 5.69 Å². The predicted molar refractivity (Wildman–Crippen MR) is 141 cm³/mol. The molecule has 0 heterocycles. The monoisotopic (exact) mass is 533 g/mol. The molecule has 0 aliphatic rings. The number of hydroxylamine groups is 1. The summed E-state index contributed by atoms with van der Waals surface area (Å²) in [5.74, 6) is 0. The molecule has 0 aliphatic heterocycles. The second-order valence-corrected chi connectivity index (χ2v) is 10.3. The summed E-state index contributed by atoms with van der Waals surface area (Å²) in [6.07, 6.45) is 0.0577. The largest absolute Gasteiger partial charge is 0.500 e. The number of nitro benzene ring substituents is 1. The molecule has 37 heavy (non-hydrogen) atoms. The number of nitro groups is 1. The van der Waals surface area contributed by atoms with Gasteiger partial charge < -0.3 is 23.4 Å². The summed E-state index contributed by atoms with van der Waals surface area (Å²) in [6.45, 7) is 9.92. The molecule has 2 aromatic carbocycles. The van der Waals surface area contributed by atoms with Gasteiger partial charge in [-0.05, 0) is 70.5 Å². The van der Waals surface area contributed by atoms with Crippen LogP contribution in [0.4, 0.5) is 27.5 Å². The van der Waals surface area contributed by atoms with Crippen molar-refractivity contribution in [3.8, 4) is 0 Å². The summed E-state index contributed by atoms with van der Waals surface area (Å²) < 4.78 is 17.5. The minimum Gasteiger partial charge on any atom is -0.374 e. The molecule has 0 radical (unpaired) electrons.